The lowest BCUT2D eigenvalue weighted by Gasteiger charge is -2.33. The number of aromatic nitrogens is 2. The number of urea groups is 1. The van der Waals surface area contributed by atoms with E-state index in [2.05, 4.69) is 17.2 Å². The van der Waals surface area contributed by atoms with Gasteiger partial charge in [0.2, 0.25) is 0 Å². The van der Waals surface area contributed by atoms with Crippen molar-refractivity contribution >= 4 is 34.6 Å². The van der Waals surface area contributed by atoms with E-state index in [-0.39, 0.29) is 35.3 Å². The number of likely N-dealkylation sites (tertiary alicyclic amines) is 1. The van der Waals surface area contributed by atoms with Crippen LogP contribution in [0.3, 0.4) is 0 Å². The summed E-state index contributed by atoms with van der Waals surface area (Å²) in [6, 6.07) is 11.8. The normalized spacial score (nSPS) is 17.3. The Bertz CT molecular complexity index is 1550. The molecule has 2 aliphatic rings. The van der Waals surface area contributed by atoms with E-state index in [0.717, 1.165) is 31.2 Å². The van der Waals surface area contributed by atoms with Crippen LogP contribution in [-0.4, -0.2) is 45.1 Å². The molecule has 2 N–H and O–H groups in total. The van der Waals surface area contributed by atoms with Gasteiger partial charge in [-0.15, -0.1) is 0 Å². The van der Waals surface area contributed by atoms with Gasteiger partial charge in [-0.2, -0.15) is 0 Å². The van der Waals surface area contributed by atoms with Gasteiger partial charge in [-0.1, -0.05) is 24.8 Å². The van der Waals surface area contributed by atoms with E-state index < -0.39 is 0 Å². The molecule has 0 bridgehead atoms. The molecule has 2 aromatic carbocycles. The second-order valence-corrected chi connectivity index (χ2v) is 10.9. The van der Waals surface area contributed by atoms with E-state index in [1.54, 1.807) is 45.9 Å². The SMILES string of the molecule is C=Cc1cccc(C(=O)NC2CCCN(C(=O)Nc3ccc4c(c3)c(=O)n(CC3CC3)c(=O)n4C(C)C)C2)c1. The average Bonchev–Trinajstić information content (AvgIpc) is 3.75. The number of anilines is 1. The zero-order valence-corrected chi connectivity index (χ0v) is 22.5. The molecule has 5 rings (SSSR count). The van der Waals surface area contributed by atoms with Crippen LogP contribution in [0.1, 0.15) is 61.5 Å². The molecular formula is C30H35N5O4. The Morgan fingerprint density at radius 3 is 2.62 bits per heavy atom. The molecule has 1 aliphatic heterocycles. The Kier molecular flexibility index (Phi) is 7.41. The number of amides is 3. The van der Waals surface area contributed by atoms with Crippen LogP contribution >= 0.6 is 0 Å². The standard InChI is InChI=1S/C30H35N5O4/c1-4-20-7-5-8-22(15-20)27(36)31-24-9-6-14-33(18-24)29(38)32-23-12-13-26-25(16-23)28(37)34(17-21-10-11-21)30(39)35(26)19(2)3/h4-5,7-8,12-13,15-16,19,21,24H,1,6,9-11,14,17-18H2,2-3H3,(H,31,36)(H,32,38). The van der Waals surface area contributed by atoms with Gasteiger partial charge in [0.1, 0.15) is 0 Å². The molecule has 3 amide bonds. The summed E-state index contributed by atoms with van der Waals surface area (Å²) < 4.78 is 2.99. The molecule has 0 spiro atoms. The van der Waals surface area contributed by atoms with Crippen molar-refractivity contribution in [3.05, 3.63) is 81.0 Å². The van der Waals surface area contributed by atoms with E-state index in [1.165, 1.54) is 4.57 Å². The van der Waals surface area contributed by atoms with Crippen molar-refractivity contribution < 1.29 is 9.59 Å². The molecule has 2 fully saturated rings. The van der Waals surface area contributed by atoms with Crippen molar-refractivity contribution in [3.63, 3.8) is 0 Å². The van der Waals surface area contributed by atoms with Gasteiger partial charge < -0.3 is 15.5 Å². The highest BCUT2D eigenvalue weighted by atomic mass is 16.2. The van der Waals surface area contributed by atoms with Crippen LogP contribution in [0, 0.1) is 5.92 Å². The van der Waals surface area contributed by atoms with Crippen LogP contribution in [0.25, 0.3) is 17.0 Å². The van der Waals surface area contributed by atoms with Crippen molar-refractivity contribution in [1.82, 2.24) is 19.4 Å². The molecule has 3 aromatic rings. The average molecular weight is 530 g/mol. The smallest absolute Gasteiger partial charge is 0.331 e. The zero-order chi connectivity index (χ0) is 27.7. The first-order chi connectivity index (χ1) is 18.7. The summed E-state index contributed by atoms with van der Waals surface area (Å²) in [5.41, 5.74) is 1.86. The van der Waals surface area contributed by atoms with Crippen molar-refractivity contribution in [1.29, 1.82) is 0 Å². The minimum absolute atomic E-state index is 0.119. The van der Waals surface area contributed by atoms with Gasteiger partial charge in [0.25, 0.3) is 11.5 Å². The molecule has 1 saturated carbocycles. The third-order valence-corrected chi connectivity index (χ3v) is 7.50. The lowest BCUT2D eigenvalue weighted by molar-refractivity contribution is 0.0913. The Morgan fingerprint density at radius 2 is 1.90 bits per heavy atom. The van der Waals surface area contributed by atoms with Crippen LogP contribution in [-0.2, 0) is 6.54 Å². The van der Waals surface area contributed by atoms with Crippen LogP contribution < -0.4 is 21.9 Å². The topological polar surface area (TPSA) is 105 Å². The summed E-state index contributed by atoms with van der Waals surface area (Å²) in [6.07, 6.45) is 5.29. The first-order valence-electron chi connectivity index (χ1n) is 13.6. The van der Waals surface area contributed by atoms with Crippen molar-refractivity contribution in [2.75, 3.05) is 18.4 Å². The van der Waals surface area contributed by atoms with Crippen LogP contribution in [0.4, 0.5) is 10.5 Å². The van der Waals surface area contributed by atoms with E-state index in [4.69, 9.17) is 0 Å². The molecule has 1 aromatic heterocycles. The summed E-state index contributed by atoms with van der Waals surface area (Å²) in [6.45, 7) is 8.97. The lowest BCUT2D eigenvalue weighted by atomic mass is 10.0. The number of hydrogen-bond donors (Lipinski definition) is 2. The molecule has 0 radical (unpaired) electrons. The van der Waals surface area contributed by atoms with Gasteiger partial charge in [0.15, 0.2) is 0 Å². The van der Waals surface area contributed by atoms with Gasteiger partial charge >= 0.3 is 11.7 Å². The number of rotatable bonds is 7. The van der Waals surface area contributed by atoms with Crippen molar-refractivity contribution in [3.8, 4) is 0 Å². The van der Waals surface area contributed by atoms with Gasteiger partial charge in [-0.05, 0) is 81.3 Å². The third-order valence-electron chi connectivity index (χ3n) is 7.50. The summed E-state index contributed by atoms with van der Waals surface area (Å²) in [7, 11) is 0. The second kappa shape index (κ2) is 10.9. The number of nitrogens with one attached hydrogen (secondary N) is 2. The first-order valence-corrected chi connectivity index (χ1v) is 13.6. The number of carbonyl (C=O) groups is 2. The van der Waals surface area contributed by atoms with Gasteiger partial charge in [-0.3, -0.25) is 18.7 Å². The molecule has 39 heavy (non-hydrogen) atoms. The first kappa shape index (κ1) is 26.5. The molecular weight excluding hydrogens is 494 g/mol. The Morgan fingerprint density at radius 1 is 1.10 bits per heavy atom. The monoisotopic (exact) mass is 529 g/mol. The van der Waals surface area contributed by atoms with E-state index in [1.807, 2.05) is 26.0 Å². The maximum absolute atomic E-state index is 13.3. The molecule has 1 atom stereocenters. The largest absolute Gasteiger partial charge is 0.348 e. The van der Waals surface area contributed by atoms with E-state index in [0.29, 0.717) is 47.7 Å². The van der Waals surface area contributed by atoms with Gasteiger partial charge in [0, 0.05) is 43.0 Å². The highest BCUT2D eigenvalue weighted by Crippen LogP contribution is 2.30. The Labute approximate surface area is 227 Å². The predicted octanol–water partition coefficient (Wildman–Crippen LogP) is 4.22. The number of fused-ring (bicyclic) bond motifs is 1. The molecule has 1 unspecified atom stereocenters. The lowest BCUT2D eigenvalue weighted by Crippen LogP contribution is -2.50. The van der Waals surface area contributed by atoms with E-state index >= 15 is 0 Å². The fraction of sp³-hybridized carbons (Fsp3) is 0.400. The minimum atomic E-state index is -0.323. The van der Waals surface area contributed by atoms with Crippen LogP contribution in [0.5, 0.6) is 0 Å². The molecule has 9 nitrogen and oxygen atoms in total. The summed E-state index contributed by atoms with van der Waals surface area (Å²) in [5, 5.41) is 6.37. The highest BCUT2D eigenvalue weighted by Gasteiger charge is 2.27. The van der Waals surface area contributed by atoms with Gasteiger partial charge in [0.05, 0.1) is 10.9 Å². The fourth-order valence-electron chi connectivity index (χ4n) is 5.24. The summed E-state index contributed by atoms with van der Waals surface area (Å²) in [5.74, 6) is 0.189. The third kappa shape index (κ3) is 5.67. The maximum Gasteiger partial charge on any atom is 0.331 e. The summed E-state index contributed by atoms with van der Waals surface area (Å²) >= 11 is 0. The number of carbonyl (C=O) groups excluding carboxylic acids is 2. The Hall–Kier alpha value is -4.14. The summed E-state index contributed by atoms with van der Waals surface area (Å²) in [4.78, 5) is 54.1. The molecule has 1 aliphatic carbocycles. The number of hydrogen-bond acceptors (Lipinski definition) is 4. The van der Waals surface area contributed by atoms with Gasteiger partial charge in [-0.25, -0.2) is 9.59 Å². The predicted molar refractivity (Wildman–Crippen MR) is 153 cm³/mol. The number of piperidine rings is 1. The van der Waals surface area contributed by atoms with Crippen molar-refractivity contribution in [2.24, 2.45) is 5.92 Å². The molecule has 2 heterocycles. The van der Waals surface area contributed by atoms with Crippen LogP contribution in [0.15, 0.2) is 58.6 Å². The minimum Gasteiger partial charge on any atom is -0.348 e. The highest BCUT2D eigenvalue weighted by molar-refractivity contribution is 5.95. The van der Waals surface area contributed by atoms with E-state index in [9.17, 15) is 19.2 Å². The second-order valence-electron chi connectivity index (χ2n) is 10.9. The van der Waals surface area contributed by atoms with Crippen LogP contribution in [0.2, 0.25) is 0 Å². The molecule has 1 saturated heterocycles. The fourth-order valence-corrected chi connectivity index (χ4v) is 5.24. The molecule has 9 heteroatoms. The van der Waals surface area contributed by atoms with Crippen molar-refractivity contribution in [2.45, 2.75) is 58.2 Å². The molecule has 204 valence electrons. The number of nitrogens with zero attached hydrogens (tertiary/aromatic N) is 3. The zero-order valence-electron chi connectivity index (χ0n) is 22.5. The maximum atomic E-state index is 13.3. The Balaban J connectivity index is 1.32. The quantitative estimate of drug-likeness (QED) is 0.478. The number of benzene rings is 2.